The van der Waals surface area contributed by atoms with Crippen molar-refractivity contribution in [3.8, 4) is 5.75 Å². The fourth-order valence-corrected chi connectivity index (χ4v) is 3.18. The predicted molar refractivity (Wildman–Crippen MR) is 87.7 cm³/mol. The molecule has 0 unspecified atom stereocenters. The van der Waals surface area contributed by atoms with Gasteiger partial charge in [0.25, 0.3) is 0 Å². The summed E-state index contributed by atoms with van der Waals surface area (Å²) in [6.45, 7) is 1.66. The Bertz CT molecular complexity index is 1020. The highest BCUT2D eigenvalue weighted by Gasteiger charge is 2.33. The minimum Gasteiger partial charge on any atom is -0.507 e. The number of hydrogen-bond donors (Lipinski definition) is 2. The number of aromatic amines is 1. The number of H-pyrrole nitrogens is 1. The van der Waals surface area contributed by atoms with Gasteiger partial charge in [-0.05, 0) is 19.1 Å². The van der Waals surface area contributed by atoms with Crippen LogP contribution in [0.2, 0.25) is 0 Å². The van der Waals surface area contributed by atoms with Crippen molar-refractivity contribution in [2.75, 3.05) is 0 Å². The summed E-state index contributed by atoms with van der Waals surface area (Å²) in [6.07, 6.45) is 1.74. The van der Waals surface area contributed by atoms with E-state index in [-0.39, 0.29) is 28.4 Å². The van der Waals surface area contributed by atoms with E-state index in [9.17, 15) is 14.7 Å². The van der Waals surface area contributed by atoms with Crippen molar-refractivity contribution in [2.45, 2.75) is 6.92 Å². The van der Waals surface area contributed by atoms with Crippen LogP contribution in [0.1, 0.15) is 33.2 Å². The molecular weight excluding hydrogens is 290 g/mol. The molecule has 0 radical (unpaired) electrons. The zero-order valence-electron chi connectivity index (χ0n) is 12.4. The number of para-hydroxylation sites is 1. The zero-order valence-corrected chi connectivity index (χ0v) is 12.4. The van der Waals surface area contributed by atoms with E-state index in [1.54, 1.807) is 25.3 Å². The van der Waals surface area contributed by atoms with Crippen molar-refractivity contribution < 1.29 is 14.7 Å². The first-order valence-electron chi connectivity index (χ1n) is 7.28. The van der Waals surface area contributed by atoms with Gasteiger partial charge in [0.1, 0.15) is 5.75 Å². The van der Waals surface area contributed by atoms with Crippen LogP contribution in [0.5, 0.6) is 5.75 Å². The summed E-state index contributed by atoms with van der Waals surface area (Å²) in [5.41, 5.74) is 2.68. The quantitative estimate of drug-likeness (QED) is 0.719. The van der Waals surface area contributed by atoms with Crippen molar-refractivity contribution in [1.82, 2.24) is 4.98 Å². The maximum absolute atomic E-state index is 13.0. The van der Waals surface area contributed by atoms with Crippen LogP contribution in [0.25, 0.3) is 16.5 Å². The molecule has 1 aliphatic carbocycles. The summed E-state index contributed by atoms with van der Waals surface area (Å²) in [4.78, 5) is 28.7. The Morgan fingerprint density at radius 3 is 2.52 bits per heavy atom. The van der Waals surface area contributed by atoms with Crippen molar-refractivity contribution in [3.63, 3.8) is 0 Å². The normalized spacial score (nSPS) is 14.5. The number of nitrogens with one attached hydrogen (secondary N) is 1. The fraction of sp³-hybridized carbons (Fsp3) is 0.0526. The van der Waals surface area contributed by atoms with Crippen LogP contribution in [-0.2, 0) is 0 Å². The Hall–Kier alpha value is -3.14. The lowest BCUT2D eigenvalue weighted by Crippen LogP contribution is -2.20. The lowest BCUT2D eigenvalue weighted by atomic mass is 9.81. The second kappa shape index (κ2) is 4.68. The Kier molecular flexibility index (Phi) is 2.75. The summed E-state index contributed by atoms with van der Waals surface area (Å²) < 4.78 is 0. The average Bonchev–Trinajstić information content (AvgIpc) is 2.97. The van der Waals surface area contributed by atoms with Gasteiger partial charge in [0.2, 0.25) is 0 Å². The van der Waals surface area contributed by atoms with E-state index >= 15 is 0 Å². The molecule has 4 nitrogen and oxygen atoms in total. The molecule has 0 bridgehead atoms. The molecule has 4 heteroatoms. The fourth-order valence-electron chi connectivity index (χ4n) is 3.18. The number of carbonyl (C=O) groups excluding carboxylic acids is 2. The smallest absolute Gasteiger partial charge is 0.198 e. The van der Waals surface area contributed by atoms with E-state index in [4.69, 9.17) is 0 Å². The number of allylic oxidation sites excluding steroid dienone is 2. The van der Waals surface area contributed by atoms with Gasteiger partial charge in [-0.25, -0.2) is 0 Å². The second-order valence-electron chi connectivity index (χ2n) is 5.61. The monoisotopic (exact) mass is 303 g/mol. The third kappa shape index (κ3) is 1.78. The SMILES string of the molecule is CC1=C(c2c[nH]c3ccccc23)C(=O)c2c(O)cccc2C1=O. The molecule has 0 spiro atoms. The number of aromatic hydroxyl groups is 1. The second-order valence-corrected chi connectivity index (χ2v) is 5.61. The van der Waals surface area contributed by atoms with Gasteiger partial charge >= 0.3 is 0 Å². The molecular formula is C19H13NO3. The standard InChI is InChI=1S/C19H13NO3/c1-10-16(13-9-20-14-7-3-2-5-11(13)14)19(23)17-12(18(10)22)6-4-8-15(17)21/h2-9,20-21H,1H3. The number of Topliss-reactive ketones (excluding diaryl/α,β-unsaturated/α-hetero) is 2. The van der Waals surface area contributed by atoms with E-state index in [2.05, 4.69) is 4.98 Å². The molecule has 112 valence electrons. The van der Waals surface area contributed by atoms with Gasteiger partial charge in [0.05, 0.1) is 5.56 Å². The van der Waals surface area contributed by atoms with Crippen molar-refractivity contribution in [2.24, 2.45) is 0 Å². The Labute approximate surface area is 132 Å². The van der Waals surface area contributed by atoms with E-state index in [1.165, 1.54) is 6.07 Å². The summed E-state index contributed by atoms with van der Waals surface area (Å²) in [7, 11) is 0. The maximum Gasteiger partial charge on any atom is 0.198 e. The predicted octanol–water partition coefficient (Wildman–Crippen LogP) is 3.73. The third-order valence-electron chi connectivity index (χ3n) is 4.32. The van der Waals surface area contributed by atoms with E-state index in [0.717, 1.165) is 10.9 Å². The van der Waals surface area contributed by atoms with Crippen molar-refractivity contribution in [1.29, 1.82) is 0 Å². The zero-order chi connectivity index (χ0) is 16.1. The number of ketones is 2. The topological polar surface area (TPSA) is 70.2 Å². The molecule has 0 amide bonds. The number of phenolic OH excluding ortho intramolecular Hbond substituents is 1. The average molecular weight is 303 g/mol. The van der Waals surface area contributed by atoms with Gasteiger partial charge in [-0.1, -0.05) is 30.3 Å². The lowest BCUT2D eigenvalue weighted by molar-refractivity contribution is 0.0990. The number of fused-ring (bicyclic) bond motifs is 2. The molecule has 1 aliphatic rings. The molecule has 0 aliphatic heterocycles. The van der Waals surface area contributed by atoms with Crippen LogP contribution < -0.4 is 0 Å². The van der Waals surface area contributed by atoms with Gasteiger partial charge in [0, 0.05) is 39.4 Å². The van der Waals surface area contributed by atoms with Crippen LogP contribution >= 0.6 is 0 Å². The largest absolute Gasteiger partial charge is 0.507 e. The molecule has 2 N–H and O–H groups in total. The molecule has 4 rings (SSSR count). The molecule has 23 heavy (non-hydrogen) atoms. The highest BCUT2D eigenvalue weighted by molar-refractivity contribution is 6.42. The first-order chi connectivity index (χ1) is 11.1. The first-order valence-corrected chi connectivity index (χ1v) is 7.28. The van der Waals surface area contributed by atoms with E-state index in [1.807, 2.05) is 24.3 Å². The summed E-state index contributed by atoms with van der Waals surface area (Å²) in [6, 6.07) is 12.2. The highest BCUT2D eigenvalue weighted by Crippen LogP contribution is 2.38. The number of benzene rings is 2. The van der Waals surface area contributed by atoms with Gasteiger partial charge in [-0.3, -0.25) is 9.59 Å². The van der Waals surface area contributed by atoms with Crippen LogP contribution in [0, 0.1) is 0 Å². The minimum atomic E-state index is -0.319. The van der Waals surface area contributed by atoms with Crippen molar-refractivity contribution in [3.05, 3.63) is 70.9 Å². The van der Waals surface area contributed by atoms with Gasteiger partial charge in [-0.15, -0.1) is 0 Å². The Balaban J connectivity index is 2.03. The molecule has 0 saturated carbocycles. The van der Waals surface area contributed by atoms with E-state index < -0.39 is 0 Å². The number of hydrogen-bond acceptors (Lipinski definition) is 3. The molecule has 1 aromatic heterocycles. The van der Waals surface area contributed by atoms with Crippen LogP contribution in [0.3, 0.4) is 0 Å². The Morgan fingerprint density at radius 1 is 0.913 bits per heavy atom. The molecule has 0 saturated heterocycles. The summed E-state index contributed by atoms with van der Waals surface area (Å²) in [5.74, 6) is -0.707. The molecule has 0 atom stereocenters. The molecule has 1 heterocycles. The number of phenols is 1. The molecule has 2 aromatic carbocycles. The molecule has 0 fully saturated rings. The minimum absolute atomic E-state index is 0.0865. The van der Waals surface area contributed by atoms with Gasteiger partial charge in [-0.2, -0.15) is 0 Å². The number of carbonyl (C=O) groups is 2. The lowest BCUT2D eigenvalue weighted by Gasteiger charge is -2.19. The van der Waals surface area contributed by atoms with E-state index in [0.29, 0.717) is 16.7 Å². The first kappa shape index (κ1) is 13.5. The summed E-state index contributed by atoms with van der Waals surface area (Å²) >= 11 is 0. The number of aromatic nitrogens is 1. The number of rotatable bonds is 1. The highest BCUT2D eigenvalue weighted by atomic mass is 16.3. The van der Waals surface area contributed by atoms with Crippen LogP contribution in [0.15, 0.2) is 54.2 Å². The van der Waals surface area contributed by atoms with Crippen molar-refractivity contribution >= 4 is 28.0 Å². The van der Waals surface area contributed by atoms with Crippen LogP contribution in [0.4, 0.5) is 0 Å². The Morgan fingerprint density at radius 2 is 1.70 bits per heavy atom. The maximum atomic E-state index is 13.0. The van der Waals surface area contributed by atoms with Gasteiger partial charge < -0.3 is 10.1 Å². The summed E-state index contributed by atoms with van der Waals surface area (Å²) in [5, 5.41) is 10.9. The van der Waals surface area contributed by atoms with Gasteiger partial charge in [0.15, 0.2) is 11.6 Å². The third-order valence-corrected chi connectivity index (χ3v) is 4.32. The molecule has 3 aromatic rings. The van der Waals surface area contributed by atoms with Crippen LogP contribution in [-0.4, -0.2) is 21.7 Å².